The molecule has 0 aliphatic rings. The third-order valence-electron chi connectivity index (χ3n) is 4.72. The Morgan fingerprint density at radius 2 is 1.78 bits per heavy atom. The van der Waals surface area contributed by atoms with Crippen molar-refractivity contribution in [2.24, 2.45) is 5.10 Å². The molecular weight excluding hydrogens is 531 g/mol. The van der Waals surface area contributed by atoms with Crippen LogP contribution < -0.4 is 14.5 Å². The summed E-state index contributed by atoms with van der Waals surface area (Å²) in [5.41, 5.74) is 3.79. The number of benzene rings is 3. The minimum Gasteiger partial charge on any atom is -0.489 e. The lowest BCUT2D eigenvalue weighted by Crippen LogP contribution is -2.39. The fourth-order valence-electron chi connectivity index (χ4n) is 2.94. The molecule has 3 aromatic rings. The second-order valence-electron chi connectivity index (χ2n) is 7.42. The van der Waals surface area contributed by atoms with Crippen LogP contribution >= 0.6 is 23.2 Å². The maximum absolute atomic E-state index is 12.3. The normalized spacial score (nSPS) is 11.3. The topological polar surface area (TPSA) is 131 Å². The lowest BCUT2D eigenvalue weighted by Gasteiger charge is -2.22. The number of amides is 1. The maximum atomic E-state index is 12.3. The molecule has 1 N–H and O–H groups in total. The lowest BCUT2D eigenvalue weighted by atomic mass is 10.2. The van der Waals surface area contributed by atoms with E-state index in [1.807, 2.05) is 0 Å². The molecule has 0 spiro atoms. The van der Waals surface area contributed by atoms with Gasteiger partial charge in [-0.05, 0) is 59.7 Å². The van der Waals surface area contributed by atoms with E-state index in [0.29, 0.717) is 11.3 Å². The van der Waals surface area contributed by atoms with E-state index in [-0.39, 0.29) is 28.0 Å². The van der Waals surface area contributed by atoms with Crippen molar-refractivity contribution < 1.29 is 22.9 Å². The van der Waals surface area contributed by atoms with Gasteiger partial charge in [0.05, 0.1) is 33.1 Å². The van der Waals surface area contributed by atoms with Gasteiger partial charge in [0.2, 0.25) is 10.0 Å². The molecule has 1 amide bonds. The van der Waals surface area contributed by atoms with Gasteiger partial charge in [0.1, 0.15) is 18.9 Å². The number of non-ortho nitro benzene ring substituents is 1. The van der Waals surface area contributed by atoms with Gasteiger partial charge in [-0.3, -0.25) is 19.2 Å². The zero-order valence-corrected chi connectivity index (χ0v) is 21.1. The van der Waals surface area contributed by atoms with Crippen LogP contribution in [0.5, 0.6) is 5.75 Å². The predicted molar refractivity (Wildman–Crippen MR) is 138 cm³/mol. The number of carbonyl (C=O) groups is 1. The van der Waals surface area contributed by atoms with E-state index < -0.39 is 27.4 Å². The Morgan fingerprint density at radius 1 is 1.11 bits per heavy atom. The molecular formula is C23H20Cl2N4O6S. The van der Waals surface area contributed by atoms with Crippen LogP contribution in [-0.4, -0.2) is 38.3 Å². The smallest absolute Gasteiger partial charge is 0.269 e. The first-order chi connectivity index (χ1) is 17.0. The average Bonchev–Trinajstić information content (AvgIpc) is 2.83. The number of sulfonamides is 1. The molecule has 36 heavy (non-hydrogen) atoms. The number of ether oxygens (including phenoxy) is 1. The summed E-state index contributed by atoms with van der Waals surface area (Å²) in [5.74, 6) is -0.118. The molecule has 0 fully saturated rings. The first-order valence-electron chi connectivity index (χ1n) is 10.2. The Morgan fingerprint density at radius 3 is 2.39 bits per heavy atom. The molecule has 188 valence electrons. The highest BCUT2D eigenvalue weighted by Gasteiger charge is 2.23. The Kier molecular flexibility index (Phi) is 8.86. The number of hydrogen-bond donors (Lipinski definition) is 1. The van der Waals surface area contributed by atoms with Crippen molar-refractivity contribution in [3.8, 4) is 5.75 Å². The van der Waals surface area contributed by atoms with Crippen molar-refractivity contribution in [3.63, 3.8) is 0 Å². The molecule has 0 bridgehead atoms. The van der Waals surface area contributed by atoms with Crippen molar-refractivity contribution in [3.05, 3.63) is 98.0 Å². The molecule has 0 aliphatic heterocycles. The highest BCUT2D eigenvalue weighted by Crippen LogP contribution is 2.33. The summed E-state index contributed by atoms with van der Waals surface area (Å²) in [5, 5.41) is 14.7. The summed E-state index contributed by atoms with van der Waals surface area (Å²) in [4.78, 5) is 22.6. The average molecular weight is 551 g/mol. The molecule has 0 aromatic heterocycles. The van der Waals surface area contributed by atoms with Crippen molar-refractivity contribution in [1.82, 2.24) is 5.43 Å². The number of hydrogen-bond acceptors (Lipinski definition) is 7. The van der Waals surface area contributed by atoms with E-state index >= 15 is 0 Å². The van der Waals surface area contributed by atoms with E-state index in [1.165, 1.54) is 36.5 Å². The van der Waals surface area contributed by atoms with Crippen LogP contribution in [0.1, 0.15) is 11.1 Å². The van der Waals surface area contributed by atoms with Gasteiger partial charge >= 0.3 is 0 Å². The van der Waals surface area contributed by atoms with Gasteiger partial charge in [-0.15, -0.1) is 0 Å². The van der Waals surface area contributed by atoms with Crippen LogP contribution in [0.15, 0.2) is 71.8 Å². The molecule has 0 unspecified atom stereocenters. The van der Waals surface area contributed by atoms with Crippen molar-refractivity contribution >= 4 is 56.7 Å². The Bertz CT molecular complexity index is 1380. The largest absolute Gasteiger partial charge is 0.489 e. The molecule has 13 heteroatoms. The number of hydrazone groups is 1. The molecule has 0 atom stereocenters. The second-order valence-corrected chi connectivity index (χ2v) is 10.1. The SMILES string of the molecule is CS(=O)(=O)N(CC(=O)N/N=C/c1ccc(OCc2ccc([N+](=O)[O-])cc2)cc1)c1cccc(Cl)c1Cl. The van der Waals surface area contributed by atoms with Crippen LogP contribution in [0.25, 0.3) is 0 Å². The van der Waals surface area contributed by atoms with Gasteiger partial charge in [0.15, 0.2) is 0 Å². The summed E-state index contributed by atoms with van der Waals surface area (Å²) in [6.07, 6.45) is 2.33. The number of rotatable bonds is 10. The third kappa shape index (κ3) is 7.41. The van der Waals surface area contributed by atoms with Crippen LogP contribution in [0.4, 0.5) is 11.4 Å². The third-order valence-corrected chi connectivity index (χ3v) is 6.66. The van der Waals surface area contributed by atoms with E-state index in [1.54, 1.807) is 36.4 Å². The summed E-state index contributed by atoms with van der Waals surface area (Å²) >= 11 is 12.1. The number of nitro benzene ring substituents is 1. The molecule has 0 saturated heterocycles. The van der Waals surface area contributed by atoms with E-state index in [2.05, 4.69) is 10.5 Å². The maximum Gasteiger partial charge on any atom is 0.269 e. The summed E-state index contributed by atoms with van der Waals surface area (Å²) in [6.45, 7) is -0.319. The number of anilines is 1. The van der Waals surface area contributed by atoms with E-state index in [9.17, 15) is 23.3 Å². The van der Waals surface area contributed by atoms with E-state index in [0.717, 1.165) is 16.1 Å². The minimum atomic E-state index is -3.83. The summed E-state index contributed by atoms with van der Waals surface area (Å²) in [6, 6.07) is 17.3. The molecule has 0 radical (unpaired) electrons. The zero-order valence-electron chi connectivity index (χ0n) is 18.8. The van der Waals surface area contributed by atoms with Gasteiger partial charge in [-0.2, -0.15) is 5.10 Å². The lowest BCUT2D eigenvalue weighted by molar-refractivity contribution is -0.384. The number of nitro groups is 1. The van der Waals surface area contributed by atoms with Crippen molar-refractivity contribution in [1.29, 1.82) is 0 Å². The number of carbonyl (C=O) groups excluding carboxylic acids is 1. The number of nitrogens with zero attached hydrogens (tertiary/aromatic N) is 3. The Hall–Kier alpha value is -3.67. The molecule has 3 aromatic carbocycles. The van der Waals surface area contributed by atoms with Crippen LogP contribution in [-0.2, 0) is 21.4 Å². The first kappa shape index (κ1) is 26.9. The summed E-state index contributed by atoms with van der Waals surface area (Å²) < 4.78 is 30.9. The van der Waals surface area contributed by atoms with Gasteiger partial charge in [-0.25, -0.2) is 13.8 Å². The monoisotopic (exact) mass is 550 g/mol. The Balaban J connectivity index is 1.55. The van der Waals surface area contributed by atoms with Gasteiger partial charge in [0, 0.05) is 12.1 Å². The first-order valence-corrected chi connectivity index (χ1v) is 12.8. The van der Waals surface area contributed by atoms with Crippen molar-refractivity contribution in [2.75, 3.05) is 17.1 Å². The molecule has 3 rings (SSSR count). The standard InChI is InChI=1S/C23H20Cl2N4O6S/c1-36(33,34)28(21-4-2-3-20(24)23(21)25)14-22(30)27-26-13-16-7-11-19(12-8-16)35-15-17-5-9-18(10-6-17)29(31)32/h2-13H,14-15H2,1H3,(H,27,30)/b26-13+. The summed E-state index contributed by atoms with van der Waals surface area (Å²) in [7, 11) is -3.83. The number of nitrogens with one attached hydrogen (secondary N) is 1. The highest BCUT2D eigenvalue weighted by molar-refractivity contribution is 7.92. The fraction of sp³-hybridized carbons (Fsp3) is 0.130. The van der Waals surface area contributed by atoms with Crippen LogP contribution in [0.2, 0.25) is 10.0 Å². The quantitative estimate of drug-likeness (QED) is 0.226. The molecule has 0 aliphatic carbocycles. The molecule has 0 saturated carbocycles. The van der Waals surface area contributed by atoms with Crippen LogP contribution in [0.3, 0.4) is 0 Å². The minimum absolute atomic E-state index is 0.00627. The molecule has 0 heterocycles. The van der Waals surface area contributed by atoms with Crippen molar-refractivity contribution in [2.45, 2.75) is 6.61 Å². The highest BCUT2D eigenvalue weighted by atomic mass is 35.5. The van der Waals surface area contributed by atoms with Crippen LogP contribution in [0, 0.1) is 10.1 Å². The fourth-order valence-corrected chi connectivity index (χ4v) is 4.25. The predicted octanol–water partition coefficient (Wildman–Crippen LogP) is 4.40. The van der Waals surface area contributed by atoms with Gasteiger partial charge < -0.3 is 4.74 Å². The van der Waals surface area contributed by atoms with Gasteiger partial charge in [0.25, 0.3) is 11.6 Å². The van der Waals surface area contributed by atoms with Gasteiger partial charge in [-0.1, -0.05) is 29.3 Å². The second kappa shape index (κ2) is 11.8. The zero-order chi connectivity index (χ0) is 26.3. The Labute approximate surface area is 217 Å². The van der Waals surface area contributed by atoms with E-state index in [4.69, 9.17) is 27.9 Å². The molecule has 10 nitrogen and oxygen atoms in total. The number of halogens is 2.